The van der Waals surface area contributed by atoms with E-state index in [1.807, 2.05) is 67.6 Å². The van der Waals surface area contributed by atoms with Gasteiger partial charge in [-0.3, -0.25) is 4.79 Å². The van der Waals surface area contributed by atoms with E-state index >= 15 is 0 Å². The third-order valence-corrected chi connectivity index (χ3v) is 4.65. The van der Waals surface area contributed by atoms with Gasteiger partial charge in [0.25, 0.3) is 5.91 Å². The normalized spacial score (nSPS) is 11.5. The molecule has 1 amide bonds. The molecular weight excluding hydrogens is 348 g/mol. The van der Waals surface area contributed by atoms with Crippen molar-refractivity contribution in [1.29, 1.82) is 0 Å². The van der Waals surface area contributed by atoms with Crippen molar-refractivity contribution in [2.75, 3.05) is 17.7 Å². The predicted molar refractivity (Wildman–Crippen MR) is 115 cm³/mol. The van der Waals surface area contributed by atoms with Crippen LogP contribution in [0.1, 0.15) is 29.7 Å². The SMILES string of the molecule is CCc1cccc(N[C@@H](C(=O)Nc2cc(C)ccc2OC)c2ccccc2)c1. The molecule has 2 N–H and O–H groups in total. The number of benzene rings is 3. The molecule has 0 aromatic heterocycles. The van der Waals surface area contributed by atoms with Crippen LogP contribution in [0, 0.1) is 6.92 Å². The van der Waals surface area contributed by atoms with E-state index in [2.05, 4.69) is 29.7 Å². The number of amides is 1. The molecule has 144 valence electrons. The Labute approximate surface area is 166 Å². The number of rotatable bonds is 7. The first kappa shape index (κ1) is 19.5. The molecule has 0 aliphatic heterocycles. The van der Waals surface area contributed by atoms with E-state index < -0.39 is 6.04 Å². The van der Waals surface area contributed by atoms with E-state index in [-0.39, 0.29) is 5.91 Å². The average molecular weight is 374 g/mol. The Morgan fingerprint density at radius 2 is 1.79 bits per heavy atom. The molecule has 0 aliphatic carbocycles. The van der Waals surface area contributed by atoms with Gasteiger partial charge < -0.3 is 15.4 Å². The van der Waals surface area contributed by atoms with Gasteiger partial charge in [-0.15, -0.1) is 0 Å². The lowest BCUT2D eigenvalue weighted by Gasteiger charge is -2.21. The molecule has 0 heterocycles. The second-order valence-electron chi connectivity index (χ2n) is 6.73. The van der Waals surface area contributed by atoms with E-state index in [1.54, 1.807) is 7.11 Å². The summed E-state index contributed by atoms with van der Waals surface area (Å²) in [7, 11) is 1.60. The molecule has 3 aromatic carbocycles. The number of nitrogens with one attached hydrogen (secondary N) is 2. The molecule has 4 nitrogen and oxygen atoms in total. The largest absolute Gasteiger partial charge is 0.495 e. The number of ether oxygens (including phenoxy) is 1. The van der Waals surface area contributed by atoms with Gasteiger partial charge in [-0.05, 0) is 54.3 Å². The zero-order valence-electron chi connectivity index (χ0n) is 16.5. The minimum Gasteiger partial charge on any atom is -0.495 e. The maximum Gasteiger partial charge on any atom is 0.251 e. The van der Waals surface area contributed by atoms with Crippen molar-refractivity contribution in [1.82, 2.24) is 0 Å². The molecule has 0 spiro atoms. The molecule has 4 heteroatoms. The van der Waals surface area contributed by atoms with Crippen molar-refractivity contribution < 1.29 is 9.53 Å². The number of hydrogen-bond acceptors (Lipinski definition) is 3. The van der Waals surface area contributed by atoms with Gasteiger partial charge in [0, 0.05) is 5.69 Å². The highest BCUT2D eigenvalue weighted by Gasteiger charge is 2.22. The molecule has 0 aliphatic rings. The number of carbonyl (C=O) groups is 1. The molecule has 0 saturated carbocycles. The fourth-order valence-electron chi connectivity index (χ4n) is 3.12. The standard InChI is InChI=1S/C24H26N2O2/c1-4-18-9-8-12-20(16-18)25-23(19-10-6-5-7-11-19)24(27)26-21-15-17(2)13-14-22(21)28-3/h5-16,23,25H,4H2,1-3H3,(H,26,27)/t23-/m1/s1. The van der Waals surface area contributed by atoms with Crippen LogP contribution in [0.15, 0.2) is 72.8 Å². The number of carbonyl (C=O) groups excluding carboxylic acids is 1. The van der Waals surface area contributed by atoms with Gasteiger partial charge in [0.05, 0.1) is 12.8 Å². The van der Waals surface area contributed by atoms with Crippen molar-refractivity contribution in [2.45, 2.75) is 26.3 Å². The van der Waals surface area contributed by atoms with Gasteiger partial charge in [-0.1, -0.05) is 55.5 Å². The number of methoxy groups -OCH3 is 1. The van der Waals surface area contributed by atoms with Crippen LogP contribution < -0.4 is 15.4 Å². The fourth-order valence-corrected chi connectivity index (χ4v) is 3.12. The van der Waals surface area contributed by atoms with Crippen LogP contribution in [0.2, 0.25) is 0 Å². The molecular formula is C24H26N2O2. The maximum atomic E-state index is 13.2. The summed E-state index contributed by atoms with van der Waals surface area (Å²) in [4.78, 5) is 13.2. The second-order valence-corrected chi connectivity index (χ2v) is 6.73. The molecule has 1 atom stereocenters. The summed E-state index contributed by atoms with van der Waals surface area (Å²) in [5, 5.41) is 6.41. The Kier molecular flexibility index (Phi) is 6.33. The quantitative estimate of drug-likeness (QED) is 0.585. The summed E-state index contributed by atoms with van der Waals surface area (Å²) in [5.74, 6) is 0.496. The zero-order valence-corrected chi connectivity index (χ0v) is 16.5. The summed E-state index contributed by atoms with van der Waals surface area (Å²) in [6.45, 7) is 4.10. The van der Waals surface area contributed by atoms with Gasteiger partial charge in [0.1, 0.15) is 11.8 Å². The first-order valence-electron chi connectivity index (χ1n) is 9.46. The lowest BCUT2D eigenvalue weighted by Crippen LogP contribution is -2.27. The third kappa shape index (κ3) is 4.71. The van der Waals surface area contributed by atoms with E-state index in [0.717, 1.165) is 23.2 Å². The van der Waals surface area contributed by atoms with Crippen LogP contribution in [-0.2, 0) is 11.2 Å². The summed E-state index contributed by atoms with van der Waals surface area (Å²) >= 11 is 0. The highest BCUT2D eigenvalue weighted by molar-refractivity contribution is 5.98. The molecule has 3 rings (SSSR count). The Morgan fingerprint density at radius 3 is 2.50 bits per heavy atom. The van der Waals surface area contributed by atoms with Gasteiger partial charge in [0.2, 0.25) is 0 Å². The summed E-state index contributed by atoms with van der Waals surface area (Å²) in [5.41, 5.74) is 4.75. The van der Waals surface area contributed by atoms with Crippen LogP contribution in [0.3, 0.4) is 0 Å². The lowest BCUT2D eigenvalue weighted by molar-refractivity contribution is -0.117. The summed E-state index contributed by atoms with van der Waals surface area (Å²) < 4.78 is 5.40. The average Bonchev–Trinajstić information content (AvgIpc) is 2.73. The Morgan fingerprint density at radius 1 is 1.00 bits per heavy atom. The highest BCUT2D eigenvalue weighted by atomic mass is 16.5. The topological polar surface area (TPSA) is 50.4 Å². The van der Waals surface area contributed by atoms with Crippen LogP contribution in [0.5, 0.6) is 5.75 Å². The Bertz CT molecular complexity index is 938. The fraction of sp³-hybridized carbons (Fsp3) is 0.208. The minimum absolute atomic E-state index is 0.142. The van der Waals surface area contributed by atoms with Gasteiger partial charge in [-0.25, -0.2) is 0 Å². The summed E-state index contributed by atoms with van der Waals surface area (Å²) in [6.07, 6.45) is 0.943. The molecule has 0 unspecified atom stereocenters. The van der Waals surface area contributed by atoms with Gasteiger partial charge >= 0.3 is 0 Å². The van der Waals surface area contributed by atoms with Crippen LogP contribution in [0.4, 0.5) is 11.4 Å². The molecule has 0 fully saturated rings. The zero-order chi connectivity index (χ0) is 19.9. The first-order chi connectivity index (χ1) is 13.6. The molecule has 0 radical (unpaired) electrons. The molecule has 28 heavy (non-hydrogen) atoms. The highest BCUT2D eigenvalue weighted by Crippen LogP contribution is 2.28. The van der Waals surface area contributed by atoms with Crippen molar-refractivity contribution in [2.24, 2.45) is 0 Å². The predicted octanol–water partition coefficient (Wildman–Crippen LogP) is 5.36. The maximum absolute atomic E-state index is 13.2. The Balaban J connectivity index is 1.90. The van der Waals surface area contributed by atoms with E-state index in [9.17, 15) is 4.79 Å². The first-order valence-corrected chi connectivity index (χ1v) is 9.46. The Hall–Kier alpha value is -3.27. The smallest absolute Gasteiger partial charge is 0.251 e. The van der Waals surface area contributed by atoms with Crippen molar-refractivity contribution in [3.8, 4) is 5.75 Å². The van der Waals surface area contributed by atoms with E-state index in [1.165, 1.54) is 5.56 Å². The van der Waals surface area contributed by atoms with Crippen LogP contribution in [0.25, 0.3) is 0 Å². The molecule has 0 saturated heterocycles. The number of anilines is 2. The van der Waals surface area contributed by atoms with Gasteiger partial charge in [0.15, 0.2) is 0 Å². The third-order valence-electron chi connectivity index (χ3n) is 4.65. The molecule has 0 bridgehead atoms. The second kappa shape index (κ2) is 9.09. The lowest BCUT2D eigenvalue weighted by atomic mass is 10.0. The van der Waals surface area contributed by atoms with E-state index in [0.29, 0.717) is 11.4 Å². The van der Waals surface area contributed by atoms with E-state index in [4.69, 9.17) is 4.74 Å². The van der Waals surface area contributed by atoms with Crippen molar-refractivity contribution in [3.05, 3.63) is 89.5 Å². The summed E-state index contributed by atoms with van der Waals surface area (Å²) in [6, 6.07) is 23.1. The van der Waals surface area contributed by atoms with Crippen molar-refractivity contribution in [3.63, 3.8) is 0 Å². The van der Waals surface area contributed by atoms with Crippen LogP contribution >= 0.6 is 0 Å². The minimum atomic E-state index is -0.529. The molecule has 3 aromatic rings. The van der Waals surface area contributed by atoms with Crippen LogP contribution in [-0.4, -0.2) is 13.0 Å². The number of aryl methyl sites for hydroxylation is 2. The monoisotopic (exact) mass is 374 g/mol. The number of hydrogen-bond donors (Lipinski definition) is 2. The van der Waals surface area contributed by atoms with Crippen molar-refractivity contribution >= 4 is 17.3 Å². The van der Waals surface area contributed by atoms with Gasteiger partial charge in [-0.2, -0.15) is 0 Å².